The van der Waals surface area contributed by atoms with Crippen molar-refractivity contribution in [1.29, 1.82) is 0 Å². The Morgan fingerprint density at radius 3 is 2.39 bits per heavy atom. The summed E-state index contributed by atoms with van der Waals surface area (Å²) >= 11 is 0. The first-order chi connectivity index (χ1) is 18.9. The zero-order valence-electron chi connectivity index (χ0n) is 23.1. The minimum Gasteiger partial charge on any atom is -0.510 e. The molecule has 3 aliphatic rings. The fourth-order valence-electron chi connectivity index (χ4n) is 6.50. The van der Waals surface area contributed by atoms with E-state index in [0.717, 1.165) is 6.07 Å². The largest absolute Gasteiger partial charge is 0.510 e. The number of alkyl halides is 3. The quantitative estimate of drug-likeness (QED) is 0.209. The maximum atomic E-state index is 14.5. The van der Waals surface area contributed by atoms with Crippen molar-refractivity contribution in [2.75, 3.05) is 20.6 Å². The standard InChI is InChI=1S/C28H34F3N3O7/c1-11(2)5-6-33-10-13-9-16(35)18-14(20(13)28(29,30)31)7-12-8-15-21(34(3)4)23(37)19(26(32)40)25(39)27(15,41)24(38)17(12)22(18)36/h9,11-12,15,21,33,35,37-38,41H,5-8,10H2,1-4H3,(H2,32,40)/t12-,15-,21-,27-/m0/s1. The molecule has 0 bridgehead atoms. The van der Waals surface area contributed by atoms with Gasteiger partial charge in [-0.2, -0.15) is 13.2 Å². The van der Waals surface area contributed by atoms with E-state index in [1.807, 2.05) is 13.8 Å². The fourth-order valence-corrected chi connectivity index (χ4v) is 6.50. The van der Waals surface area contributed by atoms with Gasteiger partial charge in [-0.05, 0) is 68.9 Å². The maximum absolute atomic E-state index is 14.5. The molecule has 7 N–H and O–H groups in total. The number of fused-ring (bicyclic) bond motifs is 3. The van der Waals surface area contributed by atoms with Crippen LogP contribution in [0.4, 0.5) is 13.2 Å². The van der Waals surface area contributed by atoms with E-state index in [1.54, 1.807) is 0 Å². The van der Waals surface area contributed by atoms with Crippen LogP contribution in [0, 0.1) is 17.8 Å². The van der Waals surface area contributed by atoms with E-state index in [-0.39, 0.29) is 18.5 Å². The Labute approximate surface area is 234 Å². The number of phenols is 1. The molecule has 0 saturated heterocycles. The molecule has 0 heterocycles. The van der Waals surface area contributed by atoms with E-state index in [4.69, 9.17) is 5.73 Å². The minimum absolute atomic E-state index is 0.219. The summed E-state index contributed by atoms with van der Waals surface area (Å²) in [4.78, 5) is 40.4. The summed E-state index contributed by atoms with van der Waals surface area (Å²) in [6.45, 7) is 4.15. The van der Waals surface area contributed by atoms with Gasteiger partial charge in [0.1, 0.15) is 22.8 Å². The van der Waals surface area contributed by atoms with Gasteiger partial charge in [-0.3, -0.25) is 19.3 Å². The molecular weight excluding hydrogens is 547 g/mol. The van der Waals surface area contributed by atoms with Crippen LogP contribution in [0.15, 0.2) is 28.7 Å². The van der Waals surface area contributed by atoms with Crippen LogP contribution in [0.3, 0.4) is 0 Å². The number of primary amides is 1. The number of rotatable bonds is 7. The molecule has 1 aromatic rings. The smallest absolute Gasteiger partial charge is 0.417 e. The Balaban J connectivity index is 1.89. The van der Waals surface area contributed by atoms with Crippen molar-refractivity contribution in [3.05, 3.63) is 51.0 Å². The molecule has 0 spiro atoms. The van der Waals surface area contributed by atoms with E-state index in [9.17, 15) is 48.0 Å². The molecule has 0 radical (unpaired) electrons. The second-order valence-electron chi connectivity index (χ2n) is 11.6. The molecule has 0 aliphatic heterocycles. The van der Waals surface area contributed by atoms with E-state index < -0.39 is 98.7 Å². The van der Waals surface area contributed by atoms with Crippen LogP contribution in [0.1, 0.15) is 53.7 Å². The number of ketones is 2. The van der Waals surface area contributed by atoms with Gasteiger partial charge in [0, 0.05) is 18.0 Å². The normalized spacial score (nSPS) is 26.4. The number of benzene rings is 1. The van der Waals surface area contributed by atoms with Crippen LogP contribution >= 0.6 is 0 Å². The van der Waals surface area contributed by atoms with E-state index in [1.165, 1.54) is 19.0 Å². The molecule has 0 fully saturated rings. The predicted molar refractivity (Wildman–Crippen MR) is 140 cm³/mol. The maximum Gasteiger partial charge on any atom is 0.417 e. The van der Waals surface area contributed by atoms with Gasteiger partial charge in [0.2, 0.25) is 5.78 Å². The van der Waals surface area contributed by atoms with Gasteiger partial charge in [-0.15, -0.1) is 0 Å². The topological polar surface area (TPSA) is 173 Å². The Morgan fingerprint density at radius 1 is 1.22 bits per heavy atom. The minimum atomic E-state index is -4.89. The van der Waals surface area contributed by atoms with Crippen LogP contribution in [-0.2, 0) is 28.7 Å². The molecule has 0 aromatic heterocycles. The van der Waals surface area contributed by atoms with Crippen molar-refractivity contribution < 1.29 is 48.0 Å². The van der Waals surface area contributed by atoms with Gasteiger partial charge in [0.15, 0.2) is 11.4 Å². The number of carbonyl (C=O) groups excluding carboxylic acids is 3. The number of aliphatic hydroxyl groups excluding tert-OH is 2. The van der Waals surface area contributed by atoms with Crippen LogP contribution in [0.5, 0.6) is 5.75 Å². The molecular formula is C28H34F3N3O7. The average Bonchev–Trinajstić information content (AvgIpc) is 2.82. The Hall–Kier alpha value is -3.42. The monoisotopic (exact) mass is 581 g/mol. The lowest BCUT2D eigenvalue weighted by atomic mass is 9.58. The van der Waals surface area contributed by atoms with Crippen molar-refractivity contribution >= 4 is 17.5 Å². The zero-order valence-corrected chi connectivity index (χ0v) is 23.1. The van der Waals surface area contributed by atoms with Gasteiger partial charge < -0.3 is 31.5 Å². The van der Waals surface area contributed by atoms with E-state index in [0.29, 0.717) is 18.9 Å². The summed E-state index contributed by atoms with van der Waals surface area (Å²) < 4.78 is 43.5. The number of carbonyl (C=O) groups is 3. The number of nitrogens with two attached hydrogens (primary N) is 1. The molecule has 1 amide bonds. The zero-order chi connectivity index (χ0) is 30.8. The summed E-state index contributed by atoms with van der Waals surface area (Å²) in [6, 6.07) is -0.382. The third kappa shape index (κ3) is 4.79. The SMILES string of the molecule is CC(C)CCNCc1cc(O)c2c(c1C(F)(F)F)C[C@H]1C[C@H]3[C@H](N(C)C)C(O)=C(C(N)=O)C(=O)[C@@]3(O)C(O)=C1C2=O. The van der Waals surface area contributed by atoms with Crippen molar-refractivity contribution in [3.63, 3.8) is 0 Å². The van der Waals surface area contributed by atoms with Gasteiger partial charge >= 0.3 is 6.18 Å². The number of aromatic hydroxyl groups is 1. The first-order valence-electron chi connectivity index (χ1n) is 13.2. The number of Topliss-reactive ketones (excluding diaryl/α,β-unsaturated/α-hetero) is 2. The molecule has 4 atom stereocenters. The number of nitrogens with one attached hydrogen (secondary N) is 1. The number of hydrogen-bond donors (Lipinski definition) is 6. The number of aliphatic hydroxyl groups is 3. The molecule has 0 saturated carbocycles. The molecule has 1 aromatic carbocycles. The number of amides is 1. The predicted octanol–water partition coefficient (Wildman–Crippen LogP) is 2.28. The highest BCUT2D eigenvalue weighted by Crippen LogP contribution is 2.53. The Bertz CT molecular complexity index is 1380. The molecule has 224 valence electrons. The van der Waals surface area contributed by atoms with Crippen molar-refractivity contribution in [1.82, 2.24) is 10.2 Å². The van der Waals surface area contributed by atoms with Crippen LogP contribution in [-0.4, -0.2) is 75.1 Å². The highest BCUT2D eigenvalue weighted by molar-refractivity contribution is 6.24. The Morgan fingerprint density at radius 2 is 1.85 bits per heavy atom. The molecule has 4 rings (SSSR count). The molecule has 0 unspecified atom stereocenters. The first-order valence-corrected chi connectivity index (χ1v) is 13.2. The fraction of sp³-hybridized carbons (Fsp3) is 0.536. The van der Waals surface area contributed by atoms with Gasteiger partial charge in [0.25, 0.3) is 5.91 Å². The summed E-state index contributed by atoms with van der Waals surface area (Å²) in [5.41, 5.74) is -1.50. The van der Waals surface area contributed by atoms with Crippen molar-refractivity contribution in [2.24, 2.45) is 23.5 Å². The number of likely N-dealkylation sites (N-methyl/N-ethyl adjacent to an activating group) is 1. The van der Waals surface area contributed by atoms with Gasteiger partial charge in [0.05, 0.1) is 17.2 Å². The van der Waals surface area contributed by atoms with E-state index in [2.05, 4.69) is 5.32 Å². The van der Waals surface area contributed by atoms with Crippen molar-refractivity contribution in [2.45, 2.75) is 57.5 Å². The Kier molecular flexibility index (Phi) is 7.78. The highest BCUT2D eigenvalue weighted by Gasteiger charge is 2.63. The third-order valence-electron chi connectivity index (χ3n) is 8.30. The summed E-state index contributed by atoms with van der Waals surface area (Å²) in [7, 11) is 2.93. The summed E-state index contributed by atoms with van der Waals surface area (Å²) in [5.74, 6) is -8.71. The average molecular weight is 582 g/mol. The van der Waals surface area contributed by atoms with Crippen LogP contribution < -0.4 is 11.1 Å². The van der Waals surface area contributed by atoms with Crippen LogP contribution in [0.2, 0.25) is 0 Å². The molecule has 10 nitrogen and oxygen atoms in total. The lowest BCUT2D eigenvalue weighted by Gasteiger charge is -2.50. The van der Waals surface area contributed by atoms with Gasteiger partial charge in [-0.25, -0.2) is 0 Å². The first kappa shape index (κ1) is 30.5. The van der Waals surface area contributed by atoms with E-state index >= 15 is 0 Å². The molecule has 13 heteroatoms. The molecule has 3 aliphatic carbocycles. The third-order valence-corrected chi connectivity index (χ3v) is 8.30. The molecule has 41 heavy (non-hydrogen) atoms. The number of allylic oxidation sites excluding steroid dienone is 1. The van der Waals surface area contributed by atoms with Crippen LogP contribution in [0.25, 0.3) is 0 Å². The lowest BCUT2D eigenvalue weighted by Crippen LogP contribution is -2.63. The number of phenolic OH excluding ortho intramolecular Hbond substituents is 1. The summed E-state index contributed by atoms with van der Waals surface area (Å²) in [5, 5.41) is 47.4. The van der Waals surface area contributed by atoms with Gasteiger partial charge in [-0.1, -0.05) is 13.8 Å². The second kappa shape index (κ2) is 10.4. The highest BCUT2D eigenvalue weighted by atomic mass is 19.4. The number of nitrogens with zero attached hydrogens (tertiary/aromatic N) is 1. The van der Waals surface area contributed by atoms with Crippen molar-refractivity contribution in [3.8, 4) is 5.75 Å². The number of halogens is 3. The second-order valence-corrected chi connectivity index (χ2v) is 11.6. The lowest BCUT2D eigenvalue weighted by molar-refractivity contribution is -0.148. The number of hydrogen-bond acceptors (Lipinski definition) is 9. The summed E-state index contributed by atoms with van der Waals surface area (Å²) in [6.07, 6.45) is -4.94.